The lowest BCUT2D eigenvalue weighted by Gasteiger charge is -2.40. The summed E-state index contributed by atoms with van der Waals surface area (Å²) in [5.41, 5.74) is 8.52. The van der Waals surface area contributed by atoms with Gasteiger partial charge in [-0.3, -0.25) is 4.79 Å². The van der Waals surface area contributed by atoms with Crippen molar-refractivity contribution < 1.29 is 4.79 Å². The molecule has 0 aliphatic carbocycles. The standard InChI is InChI=1S/C17H18N6OS/c1-9-10(2)21-22-17-13(9)14(18)15(25-17)16(24)20-11-7-23(8-11)12-5-3-4-6-19-12/h3-6,11H,7-8,18H2,1-2H3,(H,20,24). The van der Waals surface area contributed by atoms with Crippen LogP contribution in [-0.4, -0.2) is 40.2 Å². The molecule has 7 nitrogen and oxygen atoms in total. The van der Waals surface area contributed by atoms with Crippen molar-refractivity contribution in [3.8, 4) is 0 Å². The van der Waals surface area contributed by atoms with E-state index in [1.165, 1.54) is 11.3 Å². The zero-order chi connectivity index (χ0) is 17.6. The average Bonchev–Trinajstić information content (AvgIpc) is 2.92. The van der Waals surface area contributed by atoms with Crippen LogP contribution in [-0.2, 0) is 0 Å². The Morgan fingerprint density at radius 1 is 1.32 bits per heavy atom. The lowest BCUT2D eigenvalue weighted by Crippen LogP contribution is -2.59. The van der Waals surface area contributed by atoms with E-state index in [4.69, 9.17) is 5.73 Å². The van der Waals surface area contributed by atoms with Crippen LogP contribution in [0, 0.1) is 13.8 Å². The number of nitrogens with zero attached hydrogens (tertiary/aromatic N) is 4. The minimum absolute atomic E-state index is 0.0908. The van der Waals surface area contributed by atoms with Gasteiger partial charge in [-0.05, 0) is 31.5 Å². The molecule has 0 radical (unpaired) electrons. The van der Waals surface area contributed by atoms with E-state index in [0.717, 1.165) is 35.6 Å². The van der Waals surface area contributed by atoms with Crippen molar-refractivity contribution in [3.05, 3.63) is 40.5 Å². The Kier molecular flexibility index (Phi) is 3.76. The SMILES string of the molecule is Cc1nnc2sc(C(=O)NC3CN(c4ccccn4)C3)c(N)c2c1C. The first-order valence-electron chi connectivity index (χ1n) is 8.03. The Hall–Kier alpha value is -2.74. The van der Waals surface area contributed by atoms with Crippen molar-refractivity contribution >= 4 is 39.0 Å². The van der Waals surface area contributed by atoms with Gasteiger partial charge in [-0.15, -0.1) is 16.4 Å². The fourth-order valence-corrected chi connectivity index (χ4v) is 3.96. The Labute approximate surface area is 148 Å². The number of carbonyl (C=O) groups excluding carboxylic acids is 1. The van der Waals surface area contributed by atoms with Gasteiger partial charge < -0.3 is 16.0 Å². The van der Waals surface area contributed by atoms with E-state index in [1.54, 1.807) is 6.20 Å². The van der Waals surface area contributed by atoms with Gasteiger partial charge in [0.25, 0.3) is 5.91 Å². The predicted molar refractivity (Wildman–Crippen MR) is 99.0 cm³/mol. The number of carbonyl (C=O) groups is 1. The summed E-state index contributed by atoms with van der Waals surface area (Å²) in [7, 11) is 0. The fraction of sp³-hybridized carbons (Fsp3) is 0.294. The van der Waals surface area contributed by atoms with Crippen LogP contribution in [0.1, 0.15) is 20.9 Å². The topological polar surface area (TPSA) is 97.0 Å². The van der Waals surface area contributed by atoms with Crippen LogP contribution in [0.4, 0.5) is 11.5 Å². The van der Waals surface area contributed by atoms with Gasteiger partial charge in [0.2, 0.25) is 0 Å². The van der Waals surface area contributed by atoms with Crippen LogP contribution in [0.25, 0.3) is 10.2 Å². The second kappa shape index (κ2) is 5.96. The lowest BCUT2D eigenvalue weighted by molar-refractivity contribution is 0.0935. The maximum absolute atomic E-state index is 12.6. The molecular formula is C17H18N6OS. The molecule has 25 heavy (non-hydrogen) atoms. The smallest absolute Gasteiger partial charge is 0.263 e. The van der Waals surface area contributed by atoms with Crippen molar-refractivity contribution in [2.24, 2.45) is 0 Å². The number of aryl methyl sites for hydroxylation is 2. The van der Waals surface area contributed by atoms with Crippen molar-refractivity contribution in [1.29, 1.82) is 0 Å². The number of fused-ring (bicyclic) bond motifs is 1. The molecule has 128 valence electrons. The first kappa shape index (κ1) is 15.8. The summed E-state index contributed by atoms with van der Waals surface area (Å²) in [5.74, 6) is 0.777. The minimum Gasteiger partial charge on any atom is -0.397 e. The van der Waals surface area contributed by atoms with Crippen LogP contribution < -0.4 is 16.0 Å². The third kappa shape index (κ3) is 2.68. The van der Waals surface area contributed by atoms with Gasteiger partial charge in [0, 0.05) is 24.7 Å². The second-order valence-electron chi connectivity index (χ2n) is 6.20. The van der Waals surface area contributed by atoms with E-state index in [2.05, 4.69) is 25.4 Å². The van der Waals surface area contributed by atoms with Gasteiger partial charge >= 0.3 is 0 Å². The van der Waals surface area contributed by atoms with E-state index in [0.29, 0.717) is 15.4 Å². The number of anilines is 2. The van der Waals surface area contributed by atoms with Crippen molar-refractivity contribution in [1.82, 2.24) is 20.5 Å². The molecular weight excluding hydrogens is 336 g/mol. The molecule has 0 saturated carbocycles. The van der Waals surface area contributed by atoms with Crippen molar-refractivity contribution in [2.45, 2.75) is 19.9 Å². The molecule has 0 bridgehead atoms. The third-order valence-corrected chi connectivity index (χ3v) is 5.62. The highest BCUT2D eigenvalue weighted by Crippen LogP contribution is 2.35. The maximum Gasteiger partial charge on any atom is 0.263 e. The molecule has 8 heteroatoms. The first-order valence-corrected chi connectivity index (χ1v) is 8.85. The second-order valence-corrected chi connectivity index (χ2v) is 7.20. The molecule has 4 heterocycles. The molecule has 1 aliphatic rings. The van der Waals surface area contributed by atoms with E-state index in [-0.39, 0.29) is 11.9 Å². The summed E-state index contributed by atoms with van der Waals surface area (Å²) in [5, 5.41) is 12.2. The largest absolute Gasteiger partial charge is 0.397 e. The fourth-order valence-electron chi connectivity index (χ4n) is 2.96. The number of nitrogens with two attached hydrogens (primary N) is 1. The van der Waals surface area contributed by atoms with Gasteiger partial charge in [0.05, 0.1) is 17.4 Å². The van der Waals surface area contributed by atoms with Crippen LogP contribution in [0.15, 0.2) is 24.4 Å². The number of hydrogen-bond acceptors (Lipinski definition) is 7. The lowest BCUT2D eigenvalue weighted by atomic mass is 10.1. The molecule has 1 saturated heterocycles. The Morgan fingerprint density at radius 3 is 2.84 bits per heavy atom. The highest BCUT2D eigenvalue weighted by molar-refractivity contribution is 7.21. The van der Waals surface area contributed by atoms with Crippen LogP contribution in [0.5, 0.6) is 0 Å². The van der Waals surface area contributed by atoms with Gasteiger partial charge in [-0.2, -0.15) is 5.10 Å². The van der Waals surface area contributed by atoms with Gasteiger partial charge in [-0.25, -0.2) is 4.98 Å². The molecule has 1 aliphatic heterocycles. The number of thiophene rings is 1. The van der Waals surface area contributed by atoms with Gasteiger partial charge in [0.1, 0.15) is 15.5 Å². The maximum atomic E-state index is 12.6. The Morgan fingerprint density at radius 2 is 2.12 bits per heavy atom. The van der Waals surface area contributed by atoms with Crippen molar-refractivity contribution in [2.75, 3.05) is 23.7 Å². The number of nitrogen functional groups attached to an aromatic ring is 1. The normalized spacial score (nSPS) is 14.6. The zero-order valence-electron chi connectivity index (χ0n) is 14.0. The van der Waals surface area contributed by atoms with E-state index in [9.17, 15) is 4.79 Å². The third-order valence-electron chi connectivity index (χ3n) is 4.53. The number of rotatable bonds is 3. The van der Waals surface area contributed by atoms with Crippen LogP contribution >= 0.6 is 11.3 Å². The number of pyridine rings is 1. The van der Waals surface area contributed by atoms with Gasteiger partial charge in [-0.1, -0.05) is 6.07 Å². The quantitative estimate of drug-likeness (QED) is 0.746. The predicted octanol–water partition coefficient (Wildman–Crippen LogP) is 1.90. The molecule has 1 amide bonds. The highest BCUT2D eigenvalue weighted by Gasteiger charge is 2.30. The molecule has 3 aromatic heterocycles. The average molecular weight is 354 g/mol. The number of aromatic nitrogens is 3. The molecule has 3 aromatic rings. The summed E-state index contributed by atoms with van der Waals surface area (Å²) < 4.78 is 0. The van der Waals surface area contributed by atoms with Crippen LogP contribution in [0.3, 0.4) is 0 Å². The first-order chi connectivity index (χ1) is 12.0. The van der Waals surface area contributed by atoms with Crippen molar-refractivity contribution in [3.63, 3.8) is 0 Å². The summed E-state index contributed by atoms with van der Waals surface area (Å²) in [6, 6.07) is 5.90. The van der Waals surface area contributed by atoms with E-state index in [1.807, 2.05) is 32.0 Å². The molecule has 0 atom stereocenters. The monoisotopic (exact) mass is 354 g/mol. The van der Waals surface area contributed by atoms with E-state index >= 15 is 0 Å². The number of amides is 1. The highest BCUT2D eigenvalue weighted by atomic mass is 32.1. The molecule has 3 N–H and O–H groups in total. The minimum atomic E-state index is -0.150. The summed E-state index contributed by atoms with van der Waals surface area (Å²) in [6.07, 6.45) is 1.77. The molecule has 0 spiro atoms. The summed E-state index contributed by atoms with van der Waals surface area (Å²) in [6.45, 7) is 5.32. The van der Waals surface area contributed by atoms with Gasteiger partial charge in [0.15, 0.2) is 0 Å². The molecule has 0 unspecified atom stereocenters. The van der Waals surface area contributed by atoms with Crippen LogP contribution in [0.2, 0.25) is 0 Å². The zero-order valence-corrected chi connectivity index (χ0v) is 14.8. The summed E-state index contributed by atoms with van der Waals surface area (Å²) >= 11 is 1.29. The molecule has 4 rings (SSSR count). The number of hydrogen-bond donors (Lipinski definition) is 2. The molecule has 1 fully saturated rings. The number of nitrogens with one attached hydrogen (secondary N) is 1. The molecule has 0 aromatic carbocycles. The van der Waals surface area contributed by atoms with E-state index < -0.39 is 0 Å². The Bertz CT molecular complexity index is 949. The Balaban J connectivity index is 1.49. The summed E-state index contributed by atoms with van der Waals surface area (Å²) in [4.78, 5) is 20.3.